The number of nitrogens with zero attached hydrogens (tertiary/aromatic N) is 4. The maximum Gasteiger partial charge on any atom is 0.256 e. The molecule has 0 spiro atoms. The predicted molar refractivity (Wildman–Crippen MR) is 87.1 cm³/mol. The maximum absolute atomic E-state index is 12.9. The first-order valence-electron chi connectivity index (χ1n) is 8.09. The number of hydrogen-bond acceptors (Lipinski definition) is 4. The quantitative estimate of drug-likeness (QED) is 0.808. The summed E-state index contributed by atoms with van der Waals surface area (Å²) in [6.07, 6.45) is 2.60. The van der Waals surface area contributed by atoms with Crippen LogP contribution in [0, 0.1) is 6.92 Å². The van der Waals surface area contributed by atoms with Gasteiger partial charge in [0, 0.05) is 31.0 Å². The van der Waals surface area contributed by atoms with Crippen LogP contribution in [0.3, 0.4) is 0 Å². The molecule has 1 aromatic heterocycles. The number of hydrogen-bond donors (Lipinski definition) is 0. The lowest BCUT2D eigenvalue weighted by Gasteiger charge is -2.41. The third-order valence-corrected chi connectivity index (χ3v) is 5.14. The maximum atomic E-state index is 12.9. The SMILES string of the molecule is Cc1ncccc1C(=O)N1C[C@@H]2C[C@H](N(C)C)CN2C(=O)[C@@H]1C. The molecular formula is C17H24N4O2. The Morgan fingerprint density at radius 3 is 2.74 bits per heavy atom. The van der Waals surface area contributed by atoms with Crippen molar-refractivity contribution in [2.75, 3.05) is 27.2 Å². The monoisotopic (exact) mass is 316 g/mol. The van der Waals surface area contributed by atoms with Gasteiger partial charge in [0.1, 0.15) is 6.04 Å². The van der Waals surface area contributed by atoms with Crippen molar-refractivity contribution in [1.29, 1.82) is 0 Å². The molecule has 124 valence electrons. The van der Waals surface area contributed by atoms with Gasteiger partial charge in [-0.15, -0.1) is 0 Å². The summed E-state index contributed by atoms with van der Waals surface area (Å²) in [7, 11) is 4.08. The lowest BCUT2D eigenvalue weighted by molar-refractivity contribution is -0.141. The van der Waals surface area contributed by atoms with E-state index in [2.05, 4.69) is 9.88 Å². The Kier molecular flexibility index (Phi) is 4.10. The molecule has 0 N–H and O–H groups in total. The molecule has 2 saturated heterocycles. The second kappa shape index (κ2) is 5.92. The molecule has 0 aromatic carbocycles. The van der Waals surface area contributed by atoms with Crippen LogP contribution in [0.4, 0.5) is 0 Å². The van der Waals surface area contributed by atoms with Crippen LogP contribution in [0.2, 0.25) is 0 Å². The molecule has 2 fully saturated rings. The van der Waals surface area contributed by atoms with Crippen molar-refractivity contribution in [3.05, 3.63) is 29.6 Å². The first kappa shape index (κ1) is 15.9. The Morgan fingerprint density at radius 1 is 1.35 bits per heavy atom. The second-order valence-electron chi connectivity index (χ2n) is 6.77. The molecule has 6 heteroatoms. The Balaban J connectivity index is 1.84. The molecule has 0 unspecified atom stereocenters. The van der Waals surface area contributed by atoms with Crippen molar-refractivity contribution in [2.24, 2.45) is 0 Å². The molecule has 23 heavy (non-hydrogen) atoms. The van der Waals surface area contributed by atoms with Crippen molar-refractivity contribution in [3.63, 3.8) is 0 Å². The van der Waals surface area contributed by atoms with E-state index in [9.17, 15) is 9.59 Å². The molecule has 1 aromatic rings. The zero-order chi connectivity index (χ0) is 16.7. The molecule has 0 bridgehead atoms. The van der Waals surface area contributed by atoms with Crippen LogP contribution in [-0.2, 0) is 4.79 Å². The fourth-order valence-corrected chi connectivity index (χ4v) is 3.59. The van der Waals surface area contributed by atoms with Gasteiger partial charge in [-0.25, -0.2) is 0 Å². The van der Waals surface area contributed by atoms with Crippen molar-refractivity contribution in [1.82, 2.24) is 19.7 Å². The number of aromatic nitrogens is 1. The average molecular weight is 316 g/mol. The highest BCUT2D eigenvalue weighted by atomic mass is 16.2. The molecular weight excluding hydrogens is 292 g/mol. The van der Waals surface area contributed by atoms with E-state index in [1.807, 2.05) is 32.8 Å². The lowest BCUT2D eigenvalue weighted by Crippen LogP contribution is -2.60. The van der Waals surface area contributed by atoms with Gasteiger partial charge in [0.05, 0.1) is 11.6 Å². The van der Waals surface area contributed by atoms with Crippen LogP contribution in [0.1, 0.15) is 29.4 Å². The number of fused-ring (bicyclic) bond motifs is 1. The third-order valence-electron chi connectivity index (χ3n) is 5.14. The van der Waals surface area contributed by atoms with Crippen molar-refractivity contribution < 1.29 is 9.59 Å². The molecule has 3 heterocycles. The molecule has 2 amide bonds. The van der Waals surface area contributed by atoms with E-state index in [1.54, 1.807) is 23.2 Å². The predicted octanol–water partition coefficient (Wildman–Crippen LogP) is 0.765. The van der Waals surface area contributed by atoms with Crippen LogP contribution >= 0.6 is 0 Å². The van der Waals surface area contributed by atoms with Gasteiger partial charge in [0.25, 0.3) is 5.91 Å². The number of aryl methyl sites for hydroxylation is 1. The number of carbonyl (C=O) groups is 2. The number of amides is 2. The van der Waals surface area contributed by atoms with E-state index >= 15 is 0 Å². The minimum Gasteiger partial charge on any atom is -0.335 e. The Labute approximate surface area is 137 Å². The van der Waals surface area contributed by atoms with Crippen LogP contribution < -0.4 is 0 Å². The second-order valence-corrected chi connectivity index (χ2v) is 6.77. The van der Waals surface area contributed by atoms with E-state index in [0.29, 0.717) is 23.8 Å². The highest BCUT2D eigenvalue weighted by Crippen LogP contribution is 2.28. The van der Waals surface area contributed by atoms with E-state index in [4.69, 9.17) is 0 Å². The van der Waals surface area contributed by atoms with Crippen LogP contribution in [0.25, 0.3) is 0 Å². The zero-order valence-electron chi connectivity index (χ0n) is 14.2. The fourth-order valence-electron chi connectivity index (χ4n) is 3.59. The summed E-state index contributed by atoms with van der Waals surface area (Å²) >= 11 is 0. The first-order valence-corrected chi connectivity index (χ1v) is 8.09. The van der Waals surface area contributed by atoms with E-state index in [-0.39, 0.29) is 17.9 Å². The zero-order valence-corrected chi connectivity index (χ0v) is 14.2. The lowest BCUT2D eigenvalue weighted by atomic mass is 10.0. The molecule has 0 saturated carbocycles. The summed E-state index contributed by atoms with van der Waals surface area (Å²) in [6, 6.07) is 3.61. The minimum atomic E-state index is -0.417. The first-order chi connectivity index (χ1) is 10.9. The van der Waals surface area contributed by atoms with Crippen LogP contribution in [0.5, 0.6) is 0 Å². The molecule has 3 rings (SSSR count). The molecule has 2 aliphatic rings. The van der Waals surface area contributed by atoms with Gasteiger partial charge < -0.3 is 14.7 Å². The summed E-state index contributed by atoms with van der Waals surface area (Å²) in [4.78, 5) is 35.6. The average Bonchev–Trinajstić information content (AvgIpc) is 2.95. The standard InChI is InChI=1S/C17H24N4O2/c1-11-15(6-5-7-18-11)17(23)20-10-14-8-13(19(3)4)9-21(14)16(22)12(20)2/h5-7,12-14H,8-10H2,1-4H3/t12-,13-,14-/m0/s1. The van der Waals surface area contributed by atoms with Gasteiger partial charge >= 0.3 is 0 Å². The highest BCUT2D eigenvalue weighted by Gasteiger charge is 2.45. The number of piperazine rings is 1. The number of carbonyl (C=O) groups excluding carboxylic acids is 2. The molecule has 2 aliphatic heterocycles. The van der Waals surface area contributed by atoms with Gasteiger partial charge in [-0.1, -0.05) is 0 Å². The number of likely N-dealkylation sites (N-methyl/N-ethyl adjacent to an activating group) is 1. The largest absolute Gasteiger partial charge is 0.335 e. The fraction of sp³-hybridized carbons (Fsp3) is 0.588. The molecule has 0 radical (unpaired) electrons. The van der Waals surface area contributed by atoms with Gasteiger partial charge in [-0.2, -0.15) is 0 Å². The Bertz CT molecular complexity index is 631. The molecule has 6 nitrogen and oxygen atoms in total. The van der Waals surface area contributed by atoms with Crippen molar-refractivity contribution in [2.45, 2.75) is 38.4 Å². The van der Waals surface area contributed by atoms with Crippen molar-refractivity contribution >= 4 is 11.8 Å². The van der Waals surface area contributed by atoms with E-state index in [0.717, 1.165) is 13.0 Å². The van der Waals surface area contributed by atoms with Crippen LogP contribution in [-0.4, -0.2) is 76.8 Å². The van der Waals surface area contributed by atoms with Crippen molar-refractivity contribution in [3.8, 4) is 0 Å². The highest BCUT2D eigenvalue weighted by molar-refractivity contribution is 5.99. The topological polar surface area (TPSA) is 56.8 Å². The minimum absolute atomic E-state index is 0.0560. The summed E-state index contributed by atoms with van der Waals surface area (Å²) in [5, 5.41) is 0. The van der Waals surface area contributed by atoms with E-state index < -0.39 is 6.04 Å². The van der Waals surface area contributed by atoms with Gasteiger partial charge in [0.15, 0.2) is 0 Å². The normalized spacial score (nSPS) is 27.5. The Hall–Kier alpha value is -1.95. The molecule has 3 atom stereocenters. The van der Waals surface area contributed by atoms with Crippen LogP contribution in [0.15, 0.2) is 18.3 Å². The van der Waals surface area contributed by atoms with E-state index in [1.165, 1.54) is 0 Å². The summed E-state index contributed by atoms with van der Waals surface area (Å²) in [6.45, 7) is 5.01. The third kappa shape index (κ3) is 2.72. The molecule has 0 aliphatic carbocycles. The number of rotatable bonds is 2. The number of pyridine rings is 1. The Morgan fingerprint density at radius 2 is 2.09 bits per heavy atom. The summed E-state index contributed by atoms with van der Waals surface area (Å²) < 4.78 is 0. The smallest absolute Gasteiger partial charge is 0.256 e. The van der Waals surface area contributed by atoms with Gasteiger partial charge in [-0.3, -0.25) is 14.6 Å². The van der Waals surface area contributed by atoms with Gasteiger partial charge in [0.2, 0.25) is 5.91 Å². The summed E-state index contributed by atoms with van der Waals surface area (Å²) in [5.74, 6) is -0.0371. The van der Waals surface area contributed by atoms with Gasteiger partial charge in [-0.05, 0) is 46.5 Å². The summed E-state index contributed by atoms with van der Waals surface area (Å²) in [5.41, 5.74) is 1.29.